The van der Waals surface area contributed by atoms with Gasteiger partial charge in [0.05, 0.1) is 6.04 Å². The van der Waals surface area contributed by atoms with Crippen LogP contribution in [0.15, 0.2) is 0 Å². The molecule has 1 aliphatic heterocycles. The van der Waals surface area contributed by atoms with Crippen LogP contribution in [0.1, 0.15) is 58.2 Å². The monoisotopic (exact) mass is 319 g/mol. The number of nitrogens with one attached hydrogen (secondary N) is 1. The average molecular weight is 319 g/mol. The first kappa shape index (κ1) is 16.4. The van der Waals surface area contributed by atoms with Gasteiger partial charge in [-0.25, -0.2) is 0 Å². The maximum absolute atomic E-state index is 12.0. The highest BCUT2D eigenvalue weighted by Gasteiger charge is 2.32. The third kappa shape index (κ3) is 4.10. The molecule has 2 heterocycles. The van der Waals surface area contributed by atoms with Crippen molar-refractivity contribution in [1.82, 2.24) is 25.0 Å². The third-order valence-corrected chi connectivity index (χ3v) is 4.54. The molecule has 2 aliphatic rings. The molecule has 0 aromatic carbocycles. The van der Waals surface area contributed by atoms with Crippen LogP contribution in [0.4, 0.5) is 0 Å². The van der Waals surface area contributed by atoms with Crippen molar-refractivity contribution >= 4 is 5.91 Å². The van der Waals surface area contributed by atoms with Gasteiger partial charge in [-0.3, -0.25) is 4.79 Å². The fourth-order valence-electron chi connectivity index (χ4n) is 3.28. The van der Waals surface area contributed by atoms with Crippen LogP contribution in [0, 0.1) is 11.3 Å². The van der Waals surface area contributed by atoms with Gasteiger partial charge >= 0.3 is 0 Å². The Kier molecular flexibility index (Phi) is 4.45. The number of hydrogen-bond acceptors (Lipinski definition) is 4. The summed E-state index contributed by atoms with van der Waals surface area (Å²) in [6.45, 7) is 12.9. The van der Waals surface area contributed by atoms with Gasteiger partial charge in [0.15, 0.2) is 5.82 Å². The Morgan fingerprint density at radius 2 is 2.00 bits per heavy atom. The minimum Gasteiger partial charge on any atom is -0.346 e. The lowest BCUT2D eigenvalue weighted by atomic mass is 9.96. The van der Waals surface area contributed by atoms with E-state index in [9.17, 15) is 4.79 Å². The molecule has 6 nitrogen and oxygen atoms in total. The molecule has 0 radical (unpaired) electrons. The zero-order valence-electron chi connectivity index (χ0n) is 14.8. The number of carbonyl (C=O) groups excluding carboxylic acids is 1. The van der Waals surface area contributed by atoms with E-state index in [1.165, 1.54) is 0 Å². The molecule has 128 valence electrons. The van der Waals surface area contributed by atoms with Crippen molar-refractivity contribution in [3.63, 3.8) is 0 Å². The van der Waals surface area contributed by atoms with Crippen molar-refractivity contribution in [3.05, 3.63) is 11.6 Å². The summed E-state index contributed by atoms with van der Waals surface area (Å²) < 4.78 is 2.21. The Labute approximate surface area is 138 Å². The van der Waals surface area contributed by atoms with E-state index in [2.05, 4.69) is 45.8 Å². The van der Waals surface area contributed by atoms with Gasteiger partial charge in [0.1, 0.15) is 5.82 Å². The number of aromatic nitrogens is 3. The van der Waals surface area contributed by atoms with Gasteiger partial charge in [0.25, 0.3) is 0 Å². The summed E-state index contributed by atoms with van der Waals surface area (Å²) in [6.07, 6.45) is 2.98. The zero-order chi connectivity index (χ0) is 16.6. The Hall–Kier alpha value is -1.43. The number of amides is 1. The molecule has 1 fully saturated rings. The van der Waals surface area contributed by atoms with Crippen LogP contribution in [0.3, 0.4) is 0 Å². The molecule has 6 heteroatoms. The first-order chi connectivity index (χ1) is 10.8. The zero-order valence-corrected chi connectivity index (χ0v) is 14.8. The predicted molar refractivity (Wildman–Crippen MR) is 88.9 cm³/mol. The summed E-state index contributed by atoms with van der Waals surface area (Å²) in [6, 6.07) is -0.0708. The maximum atomic E-state index is 12.0. The van der Waals surface area contributed by atoms with Crippen LogP contribution >= 0.6 is 0 Å². The van der Waals surface area contributed by atoms with E-state index in [0.717, 1.165) is 57.1 Å². The van der Waals surface area contributed by atoms with E-state index in [1.54, 1.807) is 0 Å². The van der Waals surface area contributed by atoms with E-state index < -0.39 is 0 Å². The van der Waals surface area contributed by atoms with Crippen LogP contribution in [0.2, 0.25) is 0 Å². The minimum absolute atomic E-state index is 0.0708. The molecule has 1 aromatic rings. The molecule has 0 bridgehead atoms. The van der Waals surface area contributed by atoms with E-state index in [4.69, 9.17) is 0 Å². The van der Waals surface area contributed by atoms with Crippen molar-refractivity contribution < 1.29 is 4.79 Å². The molecule has 1 N–H and O–H groups in total. The van der Waals surface area contributed by atoms with Crippen molar-refractivity contribution in [1.29, 1.82) is 0 Å². The molecule has 0 saturated heterocycles. The summed E-state index contributed by atoms with van der Waals surface area (Å²) in [5.41, 5.74) is 0.305. The van der Waals surface area contributed by atoms with Crippen molar-refractivity contribution in [3.8, 4) is 0 Å². The first-order valence-corrected chi connectivity index (χ1v) is 8.78. The highest BCUT2D eigenvalue weighted by Crippen LogP contribution is 2.29. The highest BCUT2D eigenvalue weighted by molar-refractivity contribution is 5.81. The quantitative estimate of drug-likeness (QED) is 0.919. The molecule has 1 atom stereocenters. The molecular weight excluding hydrogens is 290 g/mol. The first-order valence-electron chi connectivity index (χ1n) is 8.78. The number of carbonyl (C=O) groups is 1. The van der Waals surface area contributed by atoms with Crippen LogP contribution in [-0.4, -0.2) is 45.2 Å². The summed E-state index contributed by atoms with van der Waals surface area (Å²) in [4.78, 5) is 14.5. The second kappa shape index (κ2) is 6.23. The fourth-order valence-corrected chi connectivity index (χ4v) is 3.28. The van der Waals surface area contributed by atoms with Gasteiger partial charge in [-0.2, -0.15) is 0 Å². The van der Waals surface area contributed by atoms with Crippen LogP contribution in [0.5, 0.6) is 0 Å². The van der Waals surface area contributed by atoms with Gasteiger partial charge in [0, 0.05) is 38.5 Å². The molecule has 1 aliphatic carbocycles. The van der Waals surface area contributed by atoms with E-state index >= 15 is 0 Å². The maximum Gasteiger partial charge on any atom is 0.223 e. The molecule has 3 rings (SSSR count). The minimum atomic E-state index is -0.0708. The smallest absolute Gasteiger partial charge is 0.223 e. The molecule has 1 amide bonds. The van der Waals surface area contributed by atoms with Gasteiger partial charge in [-0.1, -0.05) is 20.8 Å². The van der Waals surface area contributed by atoms with Gasteiger partial charge in [0.2, 0.25) is 5.91 Å². The highest BCUT2D eigenvalue weighted by atomic mass is 16.2. The van der Waals surface area contributed by atoms with Gasteiger partial charge in [-0.05, 0) is 25.2 Å². The lowest BCUT2D eigenvalue weighted by Gasteiger charge is -2.28. The molecule has 23 heavy (non-hydrogen) atoms. The fraction of sp³-hybridized carbons (Fsp3) is 0.824. The SMILES string of the molecule is CC(NC(=O)C1CC1)c1nnc2n1CCN(CC(C)(C)C)CC2. The molecular formula is C17H29N5O. The van der Waals surface area contributed by atoms with E-state index in [1.807, 2.05) is 6.92 Å². The largest absolute Gasteiger partial charge is 0.346 e. The van der Waals surface area contributed by atoms with Gasteiger partial charge in [-0.15, -0.1) is 10.2 Å². The standard InChI is InChI=1S/C17H29N5O/c1-12(18-16(23)13-5-6-13)15-20-19-14-7-8-21(9-10-22(14)15)11-17(2,3)4/h12-13H,5-11H2,1-4H3,(H,18,23). The number of hydrogen-bond donors (Lipinski definition) is 1. The van der Waals surface area contributed by atoms with E-state index in [0.29, 0.717) is 5.41 Å². The van der Waals surface area contributed by atoms with Crippen molar-refractivity contribution in [2.75, 3.05) is 19.6 Å². The molecule has 0 spiro atoms. The number of nitrogens with zero attached hydrogens (tertiary/aromatic N) is 4. The number of rotatable bonds is 4. The van der Waals surface area contributed by atoms with E-state index in [-0.39, 0.29) is 17.9 Å². The van der Waals surface area contributed by atoms with Gasteiger partial charge < -0.3 is 14.8 Å². The third-order valence-electron chi connectivity index (χ3n) is 4.54. The number of fused-ring (bicyclic) bond motifs is 1. The predicted octanol–water partition coefficient (Wildman–Crippen LogP) is 1.77. The Balaban J connectivity index is 1.66. The van der Waals surface area contributed by atoms with Crippen LogP contribution in [0.25, 0.3) is 0 Å². The van der Waals surface area contributed by atoms with Crippen LogP contribution in [-0.2, 0) is 17.8 Å². The summed E-state index contributed by atoms with van der Waals surface area (Å²) >= 11 is 0. The summed E-state index contributed by atoms with van der Waals surface area (Å²) in [7, 11) is 0. The summed E-state index contributed by atoms with van der Waals surface area (Å²) in [5, 5.41) is 11.8. The Morgan fingerprint density at radius 3 is 2.65 bits per heavy atom. The van der Waals surface area contributed by atoms with Crippen LogP contribution < -0.4 is 5.32 Å². The lowest BCUT2D eigenvalue weighted by molar-refractivity contribution is -0.123. The van der Waals surface area contributed by atoms with Crippen molar-refractivity contribution in [2.24, 2.45) is 11.3 Å². The average Bonchev–Trinajstić information content (AvgIpc) is 3.24. The molecule has 1 aromatic heterocycles. The molecule has 1 unspecified atom stereocenters. The second-order valence-electron chi connectivity index (χ2n) is 8.22. The lowest BCUT2D eigenvalue weighted by Crippen LogP contribution is -2.35. The Morgan fingerprint density at radius 1 is 1.26 bits per heavy atom. The van der Waals surface area contributed by atoms with Crippen molar-refractivity contribution in [2.45, 2.75) is 59.5 Å². The normalized spacial score (nSPS) is 20.7. The topological polar surface area (TPSA) is 63.1 Å². The molecule has 1 saturated carbocycles. The summed E-state index contributed by atoms with van der Waals surface area (Å²) in [5.74, 6) is 2.33. The second-order valence-corrected chi connectivity index (χ2v) is 8.22. The Bertz CT molecular complexity index is 570.